The molecule has 0 bridgehead atoms. The zero-order valence-corrected chi connectivity index (χ0v) is 15.7. The SMILES string of the molecule is O=C(NC[C@H](O)c1ccc([N+](=O)[O-])cc1)c1cc2c(s1)-c1ccccc1CC2. The smallest absolute Gasteiger partial charge is 0.269 e. The van der Waals surface area contributed by atoms with Gasteiger partial charge in [0.25, 0.3) is 11.6 Å². The number of carbonyl (C=O) groups excluding carboxylic acids is 1. The number of benzene rings is 2. The van der Waals surface area contributed by atoms with Crippen molar-refractivity contribution in [3.05, 3.63) is 86.3 Å². The first-order chi connectivity index (χ1) is 13.5. The van der Waals surface area contributed by atoms with Crippen molar-refractivity contribution in [2.75, 3.05) is 6.54 Å². The van der Waals surface area contributed by atoms with Crippen LogP contribution in [0.15, 0.2) is 54.6 Å². The zero-order valence-electron chi connectivity index (χ0n) is 14.9. The van der Waals surface area contributed by atoms with Gasteiger partial charge in [-0.2, -0.15) is 0 Å². The van der Waals surface area contributed by atoms with E-state index in [1.54, 1.807) is 0 Å². The summed E-state index contributed by atoms with van der Waals surface area (Å²) >= 11 is 1.47. The molecular formula is C21H18N2O4S. The molecule has 0 unspecified atom stereocenters. The van der Waals surface area contributed by atoms with E-state index in [4.69, 9.17) is 0 Å². The van der Waals surface area contributed by atoms with Crippen LogP contribution >= 0.6 is 11.3 Å². The van der Waals surface area contributed by atoms with E-state index >= 15 is 0 Å². The lowest BCUT2D eigenvalue weighted by atomic mass is 9.91. The van der Waals surface area contributed by atoms with Gasteiger partial charge in [-0.15, -0.1) is 11.3 Å². The molecule has 3 aromatic rings. The van der Waals surface area contributed by atoms with Gasteiger partial charge >= 0.3 is 0 Å². The average Bonchev–Trinajstić information content (AvgIpc) is 3.17. The highest BCUT2D eigenvalue weighted by molar-refractivity contribution is 7.17. The summed E-state index contributed by atoms with van der Waals surface area (Å²) in [5, 5.41) is 23.7. The van der Waals surface area contributed by atoms with Crippen LogP contribution in [-0.2, 0) is 12.8 Å². The second-order valence-electron chi connectivity index (χ2n) is 6.70. The lowest BCUT2D eigenvalue weighted by Crippen LogP contribution is -2.27. The van der Waals surface area contributed by atoms with Crippen LogP contribution in [0.3, 0.4) is 0 Å². The van der Waals surface area contributed by atoms with Gasteiger partial charge in [-0.1, -0.05) is 24.3 Å². The molecular weight excluding hydrogens is 376 g/mol. The Hall–Kier alpha value is -3.03. The molecule has 0 fully saturated rings. The Bertz CT molecular complexity index is 1040. The average molecular weight is 394 g/mol. The fourth-order valence-corrected chi connectivity index (χ4v) is 4.58. The fourth-order valence-electron chi connectivity index (χ4n) is 3.40. The van der Waals surface area contributed by atoms with Gasteiger partial charge in [0.15, 0.2) is 0 Å². The molecule has 6 nitrogen and oxygen atoms in total. The lowest BCUT2D eigenvalue weighted by molar-refractivity contribution is -0.384. The summed E-state index contributed by atoms with van der Waals surface area (Å²) < 4.78 is 0. The number of aliphatic hydroxyl groups is 1. The molecule has 142 valence electrons. The Morgan fingerprint density at radius 1 is 1.14 bits per heavy atom. The number of hydrogen-bond acceptors (Lipinski definition) is 5. The predicted molar refractivity (Wildman–Crippen MR) is 108 cm³/mol. The molecule has 28 heavy (non-hydrogen) atoms. The quantitative estimate of drug-likeness (QED) is 0.507. The van der Waals surface area contributed by atoms with Crippen LogP contribution in [0.4, 0.5) is 5.69 Å². The summed E-state index contributed by atoms with van der Waals surface area (Å²) in [7, 11) is 0. The third kappa shape index (κ3) is 3.54. The van der Waals surface area contributed by atoms with E-state index in [0.717, 1.165) is 17.7 Å². The van der Waals surface area contributed by atoms with Crippen molar-refractivity contribution in [3.63, 3.8) is 0 Å². The summed E-state index contributed by atoms with van der Waals surface area (Å²) in [4.78, 5) is 24.5. The molecule has 0 spiro atoms. The second kappa shape index (κ2) is 7.53. The van der Waals surface area contributed by atoms with Gasteiger partial charge in [0.1, 0.15) is 0 Å². The number of nitro groups is 1. The number of aliphatic hydroxyl groups excluding tert-OH is 1. The topological polar surface area (TPSA) is 92.5 Å². The molecule has 1 amide bonds. The number of non-ortho nitro benzene ring substituents is 1. The van der Waals surface area contributed by atoms with E-state index in [-0.39, 0.29) is 18.1 Å². The van der Waals surface area contributed by atoms with E-state index in [1.165, 1.54) is 52.3 Å². The minimum absolute atomic E-state index is 0.0375. The number of rotatable bonds is 5. The minimum Gasteiger partial charge on any atom is -0.387 e. The summed E-state index contributed by atoms with van der Waals surface area (Å²) in [5.74, 6) is -0.224. The fraction of sp³-hybridized carbons (Fsp3) is 0.190. The molecule has 0 aliphatic heterocycles. The maximum absolute atomic E-state index is 12.6. The highest BCUT2D eigenvalue weighted by Crippen LogP contribution is 2.39. The van der Waals surface area contributed by atoms with E-state index < -0.39 is 11.0 Å². The number of carbonyl (C=O) groups is 1. The zero-order chi connectivity index (χ0) is 19.7. The van der Waals surface area contributed by atoms with Crippen molar-refractivity contribution in [2.24, 2.45) is 0 Å². The number of amides is 1. The molecule has 4 rings (SSSR count). The number of hydrogen-bond donors (Lipinski definition) is 2. The van der Waals surface area contributed by atoms with Gasteiger partial charge in [-0.25, -0.2) is 0 Å². The van der Waals surface area contributed by atoms with E-state index in [2.05, 4.69) is 17.4 Å². The van der Waals surface area contributed by atoms with Crippen molar-refractivity contribution < 1.29 is 14.8 Å². The van der Waals surface area contributed by atoms with Crippen LogP contribution < -0.4 is 5.32 Å². The first-order valence-corrected chi connectivity index (χ1v) is 9.76. The van der Waals surface area contributed by atoms with Crippen LogP contribution in [0.1, 0.15) is 32.5 Å². The summed E-state index contributed by atoms with van der Waals surface area (Å²) in [6.07, 6.45) is 0.960. The van der Waals surface area contributed by atoms with Crippen LogP contribution in [0.25, 0.3) is 10.4 Å². The maximum Gasteiger partial charge on any atom is 0.269 e. The first-order valence-electron chi connectivity index (χ1n) is 8.94. The van der Waals surface area contributed by atoms with Crippen LogP contribution in [0.2, 0.25) is 0 Å². The van der Waals surface area contributed by atoms with Crippen molar-refractivity contribution >= 4 is 22.9 Å². The standard InChI is InChI=1S/C21H18N2O4S/c24-18(14-7-9-16(10-8-14)23(26)27)12-22-21(25)19-11-15-6-5-13-3-1-2-4-17(13)20(15)28-19/h1-4,7-11,18,24H,5-6,12H2,(H,22,25)/t18-/m0/s1. The predicted octanol–water partition coefficient (Wildman–Crippen LogP) is 3.89. The van der Waals surface area contributed by atoms with Crippen molar-refractivity contribution in [2.45, 2.75) is 18.9 Å². The molecule has 1 aromatic heterocycles. The number of fused-ring (bicyclic) bond motifs is 3. The molecule has 2 N–H and O–H groups in total. The van der Waals surface area contributed by atoms with E-state index in [1.807, 2.05) is 18.2 Å². The van der Waals surface area contributed by atoms with Gasteiger partial charge in [0.2, 0.25) is 0 Å². The lowest BCUT2D eigenvalue weighted by Gasteiger charge is -2.15. The highest BCUT2D eigenvalue weighted by atomic mass is 32.1. The van der Waals surface area contributed by atoms with E-state index in [0.29, 0.717) is 10.4 Å². The third-order valence-corrected chi connectivity index (χ3v) is 6.11. The van der Waals surface area contributed by atoms with Crippen LogP contribution in [0.5, 0.6) is 0 Å². The molecule has 7 heteroatoms. The van der Waals surface area contributed by atoms with Gasteiger partial charge in [-0.05, 0) is 53.3 Å². The van der Waals surface area contributed by atoms with Crippen LogP contribution in [0, 0.1) is 10.1 Å². The maximum atomic E-state index is 12.6. The van der Waals surface area contributed by atoms with Crippen LogP contribution in [-0.4, -0.2) is 22.5 Å². The molecule has 0 saturated carbocycles. The Balaban J connectivity index is 1.44. The Morgan fingerprint density at radius 3 is 2.61 bits per heavy atom. The van der Waals surface area contributed by atoms with Crippen molar-refractivity contribution in [3.8, 4) is 10.4 Å². The number of nitrogens with one attached hydrogen (secondary N) is 1. The molecule has 0 saturated heterocycles. The van der Waals surface area contributed by atoms with Crippen molar-refractivity contribution in [1.29, 1.82) is 0 Å². The number of nitrogens with zero attached hydrogens (tertiary/aromatic N) is 1. The monoisotopic (exact) mass is 394 g/mol. The van der Waals surface area contributed by atoms with Gasteiger partial charge in [0, 0.05) is 23.6 Å². The third-order valence-electron chi connectivity index (χ3n) is 4.90. The Morgan fingerprint density at radius 2 is 1.86 bits per heavy atom. The summed E-state index contributed by atoms with van der Waals surface area (Å²) in [6.45, 7) is 0.0375. The molecule has 0 radical (unpaired) electrons. The molecule has 1 atom stereocenters. The molecule has 1 aliphatic carbocycles. The number of aryl methyl sites for hydroxylation is 2. The Kier molecular flexibility index (Phi) is 4.93. The van der Waals surface area contributed by atoms with Gasteiger partial charge in [0.05, 0.1) is 15.9 Å². The number of nitro benzene ring substituents is 1. The molecule has 2 aromatic carbocycles. The van der Waals surface area contributed by atoms with Gasteiger partial charge < -0.3 is 10.4 Å². The van der Waals surface area contributed by atoms with Crippen molar-refractivity contribution in [1.82, 2.24) is 5.32 Å². The minimum atomic E-state index is -0.930. The second-order valence-corrected chi connectivity index (χ2v) is 7.75. The largest absolute Gasteiger partial charge is 0.387 e. The highest BCUT2D eigenvalue weighted by Gasteiger charge is 2.21. The number of thiophene rings is 1. The Labute approximate surface area is 165 Å². The molecule has 1 aliphatic rings. The normalized spacial score (nSPS) is 13.3. The molecule has 1 heterocycles. The van der Waals surface area contributed by atoms with Gasteiger partial charge in [-0.3, -0.25) is 14.9 Å². The first kappa shape index (κ1) is 18.3. The summed E-state index contributed by atoms with van der Waals surface area (Å²) in [6, 6.07) is 15.9. The van der Waals surface area contributed by atoms with E-state index in [9.17, 15) is 20.0 Å². The summed E-state index contributed by atoms with van der Waals surface area (Å²) in [5.41, 5.74) is 4.16.